The van der Waals surface area contributed by atoms with Gasteiger partial charge in [0.1, 0.15) is 5.52 Å². The highest BCUT2D eigenvalue weighted by molar-refractivity contribution is 5.93. The Morgan fingerprint density at radius 1 is 1.47 bits per heavy atom. The summed E-state index contributed by atoms with van der Waals surface area (Å²) in [5.74, 6) is 0.624. The lowest BCUT2D eigenvalue weighted by atomic mass is 10.1. The Hall–Kier alpha value is -1.88. The molecule has 5 heteroatoms. The van der Waals surface area contributed by atoms with Gasteiger partial charge < -0.3 is 15.5 Å². The molecule has 2 aromatic rings. The van der Waals surface area contributed by atoms with E-state index < -0.39 is 0 Å². The van der Waals surface area contributed by atoms with E-state index in [0.717, 1.165) is 29.6 Å². The summed E-state index contributed by atoms with van der Waals surface area (Å²) in [6, 6.07) is 5.34. The number of nitrogens with zero attached hydrogens (tertiary/aromatic N) is 1. The van der Waals surface area contributed by atoms with Gasteiger partial charge in [-0.3, -0.25) is 4.79 Å². The molecule has 1 aromatic carbocycles. The number of hydrogen-bond acceptors (Lipinski definition) is 4. The molecular formula is C14H19N3O2. The van der Waals surface area contributed by atoms with Gasteiger partial charge in [-0.25, -0.2) is 4.98 Å². The number of nitrogens with two attached hydrogens (primary N) is 1. The molecule has 0 aliphatic carbocycles. The molecule has 3 N–H and O–H groups in total. The Kier molecular flexibility index (Phi) is 4.16. The maximum Gasteiger partial charge on any atom is 0.225 e. The fourth-order valence-electron chi connectivity index (χ4n) is 1.80. The van der Waals surface area contributed by atoms with Crippen LogP contribution in [0.15, 0.2) is 22.6 Å². The number of amides is 1. The fraction of sp³-hybridized carbons (Fsp3) is 0.429. The van der Waals surface area contributed by atoms with Gasteiger partial charge in [-0.05, 0) is 24.6 Å². The number of aromatic nitrogens is 1. The molecule has 0 spiro atoms. The zero-order valence-electron chi connectivity index (χ0n) is 11.3. The lowest BCUT2D eigenvalue weighted by Crippen LogP contribution is -2.26. The molecule has 1 atom stereocenters. The van der Waals surface area contributed by atoms with Crippen molar-refractivity contribution < 1.29 is 9.21 Å². The largest absolute Gasteiger partial charge is 0.441 e. The van der Waals surface area contributed by atoms with E-state index in [2.05, 4.69) is 10.3 Å². The molecule has 2 rings (SSSR count). The maximum atomic E-state index is 11.7. The molecule has 1 amide bonds. The summed E-state index contributed by atoms with van der Waals surface area (Å²) in [5.41, 5.74) is 7.97. The summed E-state index contributed by atoms with van der Waals surface area (Å²) in [6.45, 7) is 3.95. The summed E-state index contributed by atoms with van der Waals surface area (Å²) in [4.78, 5) is 16.1. The number of aryl methyl sites for hydroxylation is 1. The van der Waals surface area contributed by atoms with Crippen LogP contribution in [-0.4, -0.2) is 16.9 Å². The van der Waals surface area contributed by atoms with Crippen LogP contribution >= 0.6 is 0 Å². The first-order valence-corrected chi connectivity index (χ1v) is 6.57. The highest BCUT2D eigenvalue weighted by atomic mass is 16.3. The SMILES string of the molecule is CCc1nc2cc(NC(=O)CC(N)CC)ccc2o1. The Morgan fingerprint density at radius 2 is 2.26 bits per heavy atom. The van der Waals surface area contributed by atoms with Crippen LogP contribution in [0.5, 0.6) is 0 Å². The van der Waals surface area contributed by atoms with Gasteiger partial charge in [0.15, 0.2) is 11.5 Å². The number of carbonyl (C=O) groups is 1. The van der Waals surface area contributed by atoms with Gasteiger partial charge in [0, 0.05) is 24.6 Å². The van der Waals surface area contributed by atoms with Crippen LogP contribution in [0.2, 0.25) is 0 Å². The van der Waals surface area contributed by atoms with Gasteiger partial charge in [-0.15, -0.1) is 0 Å². The van der Waals surface area contributed by atoms with Crippen LogP contribution in [0.1, 0.15) is 32.6 Å². The Labute approximate surface area is 112 Å². The normalized spacial score (nSPS) is 12.6. The van der Waals surface area contributed by atoms with Gasteiger partial charge in [0.2, 0.25) is 5.91 Å². The van der Waals surface area contributed by atoms with Crippen molar-refractivity contribution in [2.24, 2.45) is 5.73 Å². The molecule has 0 fully saturated rings. The summed E-state index contributed by atoms with van der Waals surface area (Å²) in [5, 5.41) is 2.83. The van der Waals surface area contributed by atoms with Gasteiger partial charge in [0.25, 0.3) is 0 Å². The van der Waals surface area contributed by atoms with Gasteiger partial charge in [-0.2, -0.15) is 0 Å². The molecule has 0 aliphatic rings. The number of carbonyl (C=O) groups excluding carboxylic acids is 1. The molecule has 0 bridgehead atoms. The lowest BCUT2D eigenvalue weighted by Gasteiger charge is -2.09. The molecule has 102 valence electrons. The van der Waals surface area contributed by atoms with Crippen molar-refractivity contribution in [2.75, 3.05) is 5.32 Å². The summed E-state index contributed by atoms with van der Waals surface area (Å²) >= 11 is 0. The van der Waals surface area contributed by atoms with Crippen LogP contribution in [0.25, 0.3) is 11.1 Å². The van der Waals surface area contributed by atoms with Crippen LogP contribution < -0.4 is 11.1 Å². The molecule has 1 aromatic heterocycles. The summed E-state index contributed by atoms with van der Waals surface area (Å²) < 4.78 is 5.52. The third-order valence-corrected chi connectivity index (χ3v) is 2.99. The van der Waals surface area contributed by atoms with E-state index >= 15 is 0 Å². The molecule has 19 heavy (non-hydrogen) atoms. The molecule has 0 aliphatic heterocycles. The van der Waals surface area contributed by atoms with Crippen molar-refractivity contribution in [1.29, 1.82) is 0 Å². The predicted octanol–water partition coefficient (Wildman–Crippen LogP) is 2.46. The first-order valence-electron chi connectivity index (χ1n) is 6.57. The van der Waals surface area contributed by atoms with Crippen molar-refractivity contribution in [3.8, 4) is 0 Å². The molecule has 0 saturated carbocycles. The van der Waals surface area contributed by atoms with Crippen molar-refractivity contribution in [2.45, 2.75) is 39.2 Å². The molecule has 1 heterocycles. The quantitative estimate of drug-likeness (QED) is 0.866. The van der Waals surface area contributed by atoms with Crippen molar-refractivity contribution in [1.82, 2.24) is 4.98 Å². The van der Waals surface area contributed by atoms with E-state index in [1.54, 1.807) is 0 Å². The third-order valence-electron chi connectivity index (χ3n) is 2.99. The van der Waals surface area contributed by atoms with Gasteiger partial charge in [-0.1, -0.05) is 13.8 Å². The Bertz CT molecular complexity index is 577. The number of anilines is 1. The minimum atomic E-state index is -0.0949. The smallest absolute Gasteiger partial charge is 0.225 e. The van der Waals surface area contributed by atoms with E-state index in [4.69, 9.17) is 10.2 Å². The van der Waals surface area contributed by atoms with E-state index in [1.807, 2.05) is 32.0 Å². The Balaban J connectivity index is 2.10. The number of fused-ring (bicyclic) bond motifs is 1. The molecule has 5 nitrogen and oxygen atoms in total. The number of hydrogen-bond donors (Lipinski definition) is 2. The van der Waals surface area contributed by atoms with Crippen molar-refractivity contribution in [3.63, 3.8) is 0 Å². The van der Waals surface area contributed by atoms with Gasteiger partial charge in [0.05, 0.1) is 0 Å². The molecule has 1 unspecified atom stereocenters. The number of benzene rings is 1. The van der Waals surface area contributed by atoms with Gasteiger partial charge >= 0.3 is 0 Å². The number of rotatable bonds is 5. The maximum absolute atomic E-state index is 11.7. The fourth-order valence-corrected chi connectivity index (χ4v) is 1.80. The first-order chi connectivity index (χ1) is 9.12. The highest BCUT2D eigenvalue weighted by Crippen LogP contribution is 2.20. The second kappa shape index (κ2) is 5.84. The minimum absolute atomic E-state index is 0.0760. The summed E-state index contributed by atoms with van der Waals surface area (Å²) in [7, 11) is 0. The van der Waals surface area contributed by atoms with Crippen LogP contribution in [0.3, 0.4) is 0 Å². The number of nitrogens with one attached hydrogen (secondary N) is 1. The van der Waals surface area contributed by atoms with E-state index in [-0.39, 0.29) is 11.9 Å². The second-order valence-electron chi connectivity index (χ2n) is 4.56. The van der Waals surface area contributed by atoms with E-state index in [1.165, 1.54) is 0 Å². The van der Waals surface area contributed by atoms with Crippen molar-refractivity contribution >= 4 is 22.7 Å². The average molecular weight is 261 g/mol. The van der Waals surface area contributed by atoms with Crippen LogP contribution in [-0.2, 0) is 11.2 Å². The topological polar surface area (TPSA) is 81.2 Å². The zero-order valence-corrected chi connectivity index (χ0v) is 11.3. The monoisotopic (exact) mass is 261 g/mol. The van der Waals surface area contributed by atoms with Crippen molar-refractivity contribution in [3.05, 3.63) is 24.1 Å². The van der Waals surface area contributed by atoms with E-state index in [0.29, 0.717) is 12.3 Å². The molecule has 0 saturated heterocycles. The number of oxazole rings is 1. The molecule has 0 radical (unpaired) electrons. The standard InChI is InChI=1S/C14H19N3O2/c1-3-9(15)7-13(18)16-10-5-6-12-11(8-10)17-14(4-2)19-12/h5-6,8-9H,3-4,7,15H2,1-2H3,(H,16,18). The minimum Gasteiger partial charge on any atom is -0.441 e. The molecular weight excluding hydrogens is 242 g/mol. The third kappa shape index (κ3) is 3.32. The zero-order chi connectivity index (χ0) is 13.8. The summed E-state index contributed by atoms with van der Waals surface area (Å²) in [6.07, 6.45) is 1.87. The highest BCUT2D eigenvalue weighted by Gasteiger charge is 2.09. The second-order valence-corrected chi connectivity index (χ2v) is 4.56. The van der Waals surface area contributed by atoms with Crippen LogP contribution in [0, 0.1) is 0 Å². The lowest BCUT2D eigenvalue weighted by molar-refractivity contribution is -0.116. The predicted molar refractivity (Wildman–Crippen MR) is 74.9 cm³/mol. The first kappa shape index (κ1) is 13.5. The van der Waals surface area contributed by atoms with Crippen LogP contribution in [0.4, 0.5) is 5.69 Å². The average Bonchev–Trinajstić information content (AvgIpc) is 2.80. The Morgan fingerprint density at radius 3 is 2.95 bits per heavy atom. The van der Waals surface area contributed by atoms with E-state index in [9.17, 15) is 4.79 Å².